The first-order chi connectivity index (χ1) is 26.8. The maximum Gasteiger partial charge on any atom is 0.119 e. The Morgan fingerprint density at radius 3 is 0.833 bits per heavy atom. The van der Waals surface area contributed by atoms with E-state index in [1.165, 1.54) is 83.5 Å². The van der Waals surface area contributed by atoms with Crippen LogP contribution in [-0.4, -0.2) is 139 Å². The quantitative estimate of drug-likeness (QED) is 0.0528. The van der Waals surface area contributed by atoms with Crippen LogP contribution in [0.1, 0.15) is 96.8 Å². The predicted octanol–water partition coefficient (Wildman–Crippen LogP) is 7.29. The van der Waals surface area contributed by atoms with Crippen molar-refractivity contribution in [1.29, 1.82) is 0 Å². The minimum Gasteiger partial charge on any atom is -0.491 e. The molecule has 0 saturated heterocycles. The van der Waals surface area contributed by atoms with Crippen LogP contribution in [0.15, 0.2) is 24.3 Å². The molecule has 0 fully saturated rings. The van der Waals surface area contributed by atoms with Crippen LogP contribution in [0, 0.1) is 0 Å². The zero-order valence-electron chi connectivity index (χ0n) is 34.1. The number of benzene rings is 1. The van der Waals surface area contributed by atoms with E-state index in [0.717, 1.165) is 18.8 Å². The van der Waals surface area contributed by atoms with Crippen LogP contribution in [0.2, 0.25) is 0 Å². The first kappa shape index (κ1) is 50.4. The highest BCUT2D eigenvalue weighted by Crippen LogP contribution is 2.14. The van der Waals surface area contributed by atoms with Gasteiger partial charge >= 0.3 is 0 Å². The molecule has 0 aliphatic heterocycles. The van der Waals surface area contributed by atoms with E-state index in [4.69, 9.17) is 57.8 Å². The molecule has 0 radical (unpaired) electrons. The minimum absolute atomic E-state index is 0.479. The van der Waals surface area contributed by atoms with Crippen molar-refractivity contribution >= 4 is 5.69 Å². The topological polar surface area (TPSA) is 128 Å². The van der Waals surface area contributed by atoms with Crippen molar-refractivity contribution in [3.63, 3.8) is 0 Å². The summed E-state index contributed by atoms with van der Waals surface area (Å²) in [4.78, 5) is 0. The fraction of sp³-hybridized carbons (Fsp3) is 0.857. The molecule has 1 rings (SSSR count). The van der Waals surface area contributed by atoms with Crippen LogP contribution in [0.4, 0.5) is 5.69 Å². The van der Waals surface area contributed by atoms with Crippen LogP contribution >= 0.6 is 0 Å². The molecule has 0 aromatic heterocycles. The Hall–Kier alpha value is -1.58. The van der Waals surface area contributed by atoms with E-state index < -0.39 is 0 Å². The lowest BCUT2D eigenvalue weighted by atomic mass is 10.0. The molecule has 0 atom stereocenters. The Kier molecular flexibility index (Phi) is 41.2. The number of hydrogen-bond acceptors (Lipinski definition) is 12. The molecule has 0 amide bonds. The molecule has 0 aliphatic carbocycles. The number of hydrogen-bond donors (Lipinski definition) is 1. The number of ether oxygens (including phenoxy) is 11. The van der Waals surface area contributed by atoms with E-state index in [1.54, 1.807) is 12.1 Å². The summed E-state index contributed by atoms with van der Waals surface area (Å²) in [7, 11) is 0. The van der Waals surface area contributed by atoms with Gasteiger partial charge in [-0.25, -0.2) is 0 Å². The van der Waals surface area contributed by atoms with Gasteiger partial charge < -0.3 is 57.8 Å². The van der Waals surface area contributed by atoms with Crippen molar-refractivity contribution in [1.82, 2.24) is 0 Å². The highest BCUT2D eigenvalue weighted by atomic mass is 16.6. The summed E-state index contributed by atoms with van der Waals surface area (Å²) in [5.74, 6) is 0.775. The van der Waals surface area contributed by atoms with Crippen molar-refractivity contribution in [2.24, 2.45) is 0 Å². The van der Waals surface area contributed by atoms with Gasteiger partial charge in [0.25, 0.3) is 0 Å². The molecule has 12 heteroatoms. The molecule has 0 aliphatic rings. The molecule has 12 nitrogen and oxygen atoms in total. The van der Waals surface area contributed by atoms with Gasteiger partial charge in [0.1, 0.15) is 12.4 Å². The lowest BCUT2D eigenvalue weighted by Gasteiger charge is -2.09. The average molecular weight is 774 g/mol. The van der Waals surface area contributed by atoms with Crippen molar-refractivity contribution in [3.8, 4) is 5.75 Å². The van der Waals surface area contributed by atoms with Crippen molar-refractivity contribution in [2.75, 3.05) is 144 Å². The highest BCUT2D eigenvalue weighted by molar-refractivity contribution is 5.41. The van der Waals surface area contributed by atoms with Crippen LogP contribution in [0.5, 0.6) is 5.75 Å². The molecule has 318 valence electrons. The Morgan fingerprint density at radius 2 is 0.537 bits per heavy atom. The van der Waals surface area contributed by atoms with Crippen LogP contribution in [-0.2, 0) is 47.4 Å². The fourth-order valence-electron chi connectivity index (χ4n) is 5.26. The number of anilines is 1. The predicted molar refractivity (Wildman–Crippen MR) is 215 cm³/mol. The van der Waals surface area contributed by atoms with Gasteiger partial charge in [-0.3, -0.25) is 0 Å². The molecule has 0 heterocycles. The third kappa shape index (κ3) is 40.1. The van der Waals surface area contributed by atoms with Crippen LogP contribution in [0.3, 0.4) is 0 Å². The Bertz CT molecular complexity index is 837. The number of unbranched alkanes of at least 4 members (excludes halogenated alkanes) is 13. The van der Waals surface area contributed by atoms with Gasteiger partial charge in [0.2, 0.25) is 0 Å². The zero-order valence-corrected chi connectivity index (χ0v) is 34.1. The van der Waals surface area contributed by atoms with E-state index in [-0.39, 0.29) is 0 Å². The van der Waals surface area contributed by atoms with Gasteiger partial charge in [-0.1, -0.05) is 90.4 Å². The maximum absolute atomic E-state index is 5.69. The summed E-state index contributed by atoms with van der Waals surface area (Å²) in [5, 5.41) is 0. The molecular formula is C42H79NO11. The molecule has 54 heavy (non-hydrogen) atoms. The SMILES string of the molecule is CCCCCCCCCCCCCCCCOCCOCCOCCOCCOCCOCCOCCOCCOCCOCCOc1ccc(N)cc1. The van der Waals surface area contributed by atoms with E-state index in [9.17, 15) is 0 Å². The number of rotatable bonds is 46. The molecule has 0 bridgehead atoms. The average Bonchev–Trinajstić information content (AvgIpc) is 3.18. The van der Waals surface area contributed by atoms with Crippen molar-refractivity contribution in [2.45, 2.75) is 96.8 Å². The normalized spacial score (nSPS) is 11.5. The second-order valence-corrected chi connectivity index (χ2v) is 13.1. The third-order valence-electron chi connectivity index (χ3n) is 8.37. The highest BCUT2D eigenvalue weighted by Gasteiger charge is 1.98. The molecule has 0 spiro atoms. The molecule has 1 aromatic carbocycles. The van der Waals surface area contributed by atoms with E-state index >= 15 is 0 Å². The van der Waals surface area contributed by atoms with Crippen LogP contribution < -0.4 is 10.5 Å². The molecule has 0 unspecified atom stereocenters. The van der Waals surface area contributed by atoms with E-state index in [2.05, 4.69) is 6.92 Å². The molecule has 2 N–H and O–H groups in total. The van der Waals surface area contributed by atoms with Gasteiger partial charge in [0.05, 0.1) is 126 Å². The van der Waals surface area contributed by atoms with Gasteiger partial charge in [-0.15, -0.1) is 0 Å². The summed E-state index contributed by atoms with van der Waals surface area (Å²) < 4.78 is 60.9. The Labute approximate surface area is 328 Å². The molecular weight excluding hydrogens is 694 g/mol. The lowest BCUT2D eigenvalue weighted by Crippen LogP contribution is -2.15. The number of nitrogens with two attached hydrogens (primary N) is 1. The summed E-state index contributed by atoms with van der Waals surface area (Å²) in [6.45, 7) is 13.8. The largest absolute Gasteiger partial charge is 0.491 e. The second-order valence-electron chi connectivity index (χ2n) is 13.1. The summed E-state index contributed by atoms with van der Waals surface area (Å²) >= 11 is 0. The summed E-state index contributed by atoms with van der Waals surface area (Å²) in [6, 6.07) is 7.28. The Morgan fingerprint density at radius 1 is 0.296 bits per heavy atom. The van der Waals surface area contributed by atoms with Gasteiger partial charge in [0, 0.05) is 12.3 Å². The van der Waals surface area contributed by atoms with Gasteiger partial charge in [-0.05, 0) is 30.7 Å². The first-order valence-corrected chi connectivity index (χ1v) is 21.1. The van der Waals surface area contributed by atoms with Crippen molar-refractivity contribution in [3.05, 3.63) is 24.3 Å². The van der Waals surface area contributed by atoms with Gasteiger partial charge in [-0.2, -0.15) is 0 Å². The fourth-order valence-corrected chi connectivity index (χ4v) is 5.26. The molecule has 1 aromatic rings. The van der Waals surface area contributed by atoms with Crippen molar-refractivity contribution < 1.29 is 52.1 Å². The Balaban J connectivity index is 1.60. The smallest absolute Gasteiger partial charge is 0.119 e. The van der Waals surface area contributed by atoms with E-state index in [0.29, 0.717) is 138 Å². The monoisotopic (exact) mass is 774 g/mol. The summed E-state index contributed by atoms with van der Waals surface area (Å²) in [5.41, 5.74) is 6.36. The maximum atomic E-state index is 5.69. The number of nitrogen functional groups attached to an aromatic ring is 1. The zero-order chi connectivity index (χ0) is 38.5. The lowest BCUT2D eigenvalue weighted by molar-refractivity contribution is -0.0267. The minimum atomic E-state index is 0.479. The summed E-state index contributed by atoms with van der Waals surface area (Å²) in [6.07, 6.45) is 19.2. The van der Waals surface area contributed by atoms with Gasteiger partial charge in [0.15, 0.2) is 0 Å². The van der Waals surface area contributed by atoms with E-state index in [1.807, 2.05) is 12.1 Å². The standard InChI is InChI=1S/C42H79NO11/c1-2-3-4-5-6-7-8-9-10-11-12-13-14-15-20-44-21-22-45-23-24-46-25-26-47-27-28-48-29-30-49-31-32-50-33-34-51-35-36-52-37-38-53-39-40-54-42-18-16-41(43)17-19-42/h16-19H,2-15,20-40,43H2,1H3. The van der Waals surface area contributed by atoms with Crippen LogP contribution in [0.25, 0.3) is 0 Å². The second kappa shape index (κ2) is 44.1. The third-order valence-corrected chi connectivity index (χ3v) is 8.37. The first-order valence-electron chi connectivity index (χ1n) is 21.1. The molecule has 0 saturated carbocycles.